The van der Waals surface area contributed by atoms with Crippen molar-refractivity contribution in [2.45, 2.75) is 13.1 Å². The van der Waals surface area contributed by atoms with Crippen LogP contribution in [-0.2, 0) is 11.0 Å². The van der Waals surface area contributed by atoms with Gasteiger partial charge in [-0.15, -0.1) is 0 Å². The maximum absolute atomic E-state index is 12.6. The number of allylic oxidation sites excluding steroid dienone is 1. The third-order valence-electron chi connectivity index (χ3n) is 3.01. The molecule has 0 aliphatic heterocycles. The van der Waals surface area contributed by atoms with Crippen LogP contribution < -0.4 is 9.47 Å². The SMILES string of the molecule is C/C=C(\Oc1ccc(Oc2ccc(C(F)(F)F)cc2Cl)cc1)C(=O)O. The van der Waals surface area contributed by atoms with Gasteiger partial charge in [0.1, 0.15) is 17.2 Å². The number of carbonyl (C=O) groups is 1. The third-order valence-corrected chi connectivity index (χ3v) is 3.31. The predicted octanol–water partition coefficient (Wildman–Crippen LogP) is 5.52. The van der Waals surface area contributed by atoms with Crippen molar-refractivity contribution < 1.29 is 32.5 Å². The number of benzene rings is 2. The van der Waals surface area contributed by atoms with Gasteiger partial charge in [-0.2, -0.15) is 13.2 Å². The van der Waals surface area contributed by atoms with Gasteiger partial charge in [-0.05, 0) is 55.5 Å². The molecule has 4 nitrogen and oxygen atoms in total. The maximum atomic E-state index is 12.6. The van der Waals surface area contributed by atoms with E-state index in [4.69, 9.17) is 26.2 Å². The van der Waals surface area contributed by atoms with Crippen LogP contribution in [0.2, 0.25) is 5.02 Å². The van der Waals surface area contributed by atoms with E-state index in [-0.39, 0.29) is 22.3 Å². The number of hydrogen-bond donors (Lipinski definition) is 1. The zero-order chi connectivity index (χ0) is 18.6. The first kappa shape index (κ1) is 18.7. The molecule has 0 radical (unpaired) electrons. The van der Waals surface area contributed by atoms with Crippen LogP contribution >= 0.6 is 11.6 Å². The summed E-state index contributed by atoms with van der Waals surface area (Å²) in [5, 5.41) is 8.70. The van der Waals surface area contributed by atoms with E-state index in [9.17, 15) is 18.0 Å². The molecule has 0 fully saturated rings. The standard InChI is InChI=1S/C17H12ClF3O4/c1-2-14(16(22)23)24-11-4-6-12(7-5-11)25-15-8-3-10(9-13(15)18)17(19,20)21/h2-9H,1H3,(H,22,23)/b14-2-. The zero-order valence-corrected chi connectivity index (χ0v) is 13.6. The molecule has 2 aromatic carbocycles. The Hall–Kier alpha value is -2.67. The molecule has 0 aliphatic rings. The number of carboxylic acids is 1. The molecule has 8 heteroatoms. The van der Waals surface area contributed by atoms with E-state index < -0.39 is 17.7 Å². The molecular formula is C17H12ClF3O4. The van der Waals surface area contributed by atoms with Gasteiger partial charge in [-0.1, -0.05) is 11.6 Å². The molecule has 2 rings (SSSR count). The van der Waals surface area contributed by atoms with Gasteiger partial charge in [-0.3, -0.25) is 0 Å². The number of rotatable bonds is 5. The summed E-state index contributed by atoms with van der Waals surface area (Å²) < 4.78 is 48.4. The second-order valence-electron chi connectivity index (χ2n) is 4.78. The Morgan fingerprint density at radius 2 is 1.72 bits per heavy atom. The van der Waals surface area contributed by atoms with E-state index in [0.717, 1.165) is 18.2 Å². The first-order valence-corrected chi connectivity index (χ1v) is 7.30. The molecule has 2 aromatic rings. The van der Waals surface area contributed by atoms with E-state index in [0.29, 0.717) is 5.75 Å². The Balaban J connectivity index is 2.13. The number of carboxylic acid groups (broad SMARTS) is 1. The van der Waals surface area contributed by atoms with Crippen molar-refractivity contribution in [2.24, 2.45) is 0 Å². The van der Waals surface area contributed by atoms with Crippen molar-refractivity contribution in [1.29, 1.82) is 0 Å². The molecule has 0 heterocycles. The second kappa shape index (κ2) is 7.48. The van der Waals surface area contributed by atoms with Crippen LogP contribution in [0, 0.1) is 0 Å². The summed E-state index contributed by atoms with van der Waals surface area (Å²) in [6.07, 6.45) is -3.19. The molecular weight excluding hydrogens is 361 g/mol. The monoisotopic (exact) mass is 372 g/mol. The van der Waals surface area contributed by atoms with Gasteiger partial charge in [0.25, 0.3) is 0 Å². The summed E-state index contributed by atoms with van der Waals surface area (Å²) in [6, 6.07) is 8.62. The lowest BCUT2D eigenvalue weighted by Crippen LogP contribution is -2.07. The lowest BCUT2D eigenvalue weighted by Gasteiger charge is -2.11. The highest BCUT2D eigenvalue weighted by atomic mass is 35.5. The molecule has 25 heavy (non-hydrogen) atoms. The van der Waals surface area contributed by atoms with Crippen molar-refractivity contribution in [3.63, 3.8) is 0 Å². The Morgan fingerprint density at radius 1 is 1.12 bits per heavy atom. The first-order chi connectivity index (χ1) is 11.7. The van der Waals surface area contributed by atoms with Crippen LogP contribution in [0.15, 0.2) is 54.3 Å². The fraction of sp³-hybridized carbons (Fsp3) is 0.118. The summed E-state index contributed by atoms with van der Waals surface area (Å²) >= 11 is 5.82. The topological polar surface area (TPSA) is 55.8 Å². The predicted molar refractivity (Wildman–Crippen MR) is 85.0 cm³/mol. The van der Waals surface area contributed by atoms with Crippen molar-refractivity contribution in [2.75, 3.05) is 0 Å². The highest BCUT2D eigenvalue weighted by Crippen LogP contribution is 2.36. The van der Waals surface area contributed by atoms with E-state index in [1.165, 1.54) is 37.3 Å². The minimum atomic E-state index is -4.49. The summed E-state index contributed by atoms with van der Waals surface area (Å²) in [5.74, 6) is -0.824. The minimum Gasteiger partial charge on any atom is -0.475 e. The molecule has 0 unspecified atom stereocenters. The van der Waals surface area contributed by atoms with Crippen LogP contribution in [0.3, 0.4) is 0 Å². The zero-order valence-electron chi connectivity index (χ0n) is 12.8. The van der Waals surface area contributed by atoms with Gasteiger partial charge in [-0.25, -0.2) is 4.79 Å². The lowest BCUT2D eigenvalue weighted by molar-refractivity contribution is -0.137. The molecule has 0 atom stereocenters. The van der Waals surface area contributed by atoms with Crippen molar-refractivity contribution in [1.82, 2.24) is 0 Å². The number of hydrogen-bond acceptors (Lipinski definition) is 3. The van der Waals surface area contributed by atoms with Crippen LogP contribution in [0.4, 0.5) is 13.2 Å². The van der Waals surface area contributed by atoms with Crippen molar-refractivity contribution in [3.05, 3.63) is 64.9 Å². The van der Waals surface area contributed by atoms with Gasteiger partial charge < -0.3 is 14.6 Å². The molecule has 0 aromatic heterocycles. The van der Waals surface area contributed by atoms with Gasteiger partial charge in [0.05, 0.1) is 10.6 Å². The maximum Gasteiger partial charge on any atom is 0.416 e. The summed E-state index contributed by atoms with van der Waals surface area (Å²) in [6.45, 7) is 1.52. The van der Waals surface area contributed by atoms with Gasteiger partial charge in [0, 0.05) is 0 Å². The average molecular weight is 373 g/mol. The van der Waals surface area contributed by atoms with Crippen LogP contribution in [0.25, 0.3) is 0 Å². The van der Waals surface area contributed by atoms with Crippen molar-refractivity contribution in [3.8, 4) is 17.2 Å². The Morgan fingerprint density at radius 3 is 2.20 bits per heavy atom. The molecule has 1 N–H and O–H groups in total. The molecule has 0 bridgehead atoms. The van der Waals surface area contributed by atoms with Crippen LogP contribution in [0.5, 0.6) is 17.2 Å². The van der Waals surface area contributed by atoms with Gasteiger partial charge in [0.15, 0.2) is 0 Å². The highest BCUT2D eigenvalue weighted by Gasteiger charge is 2.31. The number of halogens is 4. The largest absolute Gasteiger partial charge is 0.475 e. The molecule has 0 spiro atoms. The van der Waals surface area contributed by atoms with E-state index in [2.05, 4.69) is 0 Å². The molecule has 0 aliphatic carbocycles. The Kier molecular flexibility index (Phi) is 5.58. The normalized spacial score (nSPS) is 12.0. The molecule has 0 saturated carbocycles. The highest BCUT2D eigenvalue weighted by molar-refractivity contribution is 6.32. The number of ether oxygens (including phenoxy) is 2. The first-order valence-electron chi connectivity index (χ1n) is 6.93. The van der Waals surface area contributed by atoms with Crippen LogP contribution in [-0.4, -0.2) is 11.1 Å². The quantitative estimate of drug-likeness (QED) is 0.554. The van der Waals surface area contributed by atoms with Crippen LogP contribution in [0.1, 0.15) is 12.5 Å². The summed E-state index contributed by atoms with van der Waals surface area (Å²) in [4.78, 5) is 10.9. The second-order valence-corrected chi connectivity index (χ2v) is 5.18. The molecule has 0 saturated heterocycles. The summed E-state index contributed by atoms with van der Waals surface area (Å²) in [7, 11) is 0. The summed E-state index contributed by atoms with van der Waals surface area (Å²) in [5.41, 5.74) is -0.874. The fourth-order valence-corrected chi connectivity index (χ4v) is 2.03. The average Bonchev–Trinajstić information content (AvgIpc) is 2.54. The van der Waals surface area contributed by atoms with Gasteiger partial charge in [0.2, 0.25) is 5.76 Å². The van der Waals surface area contributed by atoms with E-state index >= 15 is 0 Å². The molecule has 0 amide bonds. The van der Waals surface area contributed by atoms with E-state index in [1.807, 2.05) is 0 Å². The lowest BCUT2D eigenvalue weighted by atomic mass is 10.2. The Labute approximate surface area is 146 Å². The van der Waals surface area contributed by atoms with E-state index in [1.54, 1.807) is 0 Å². The van der Waals surface area contributed by atoms with Gasteiger partial charge >= 0.3 is 12.1 Å². The Bertz CT molecular complexity index is 799. The molecule has 132 valence electrons. The fourth-order valence-electron chi connectivity index (χ4n) is 1.82. The third kappa shape index (κ3) is 4.90. The number of alkyl halides is 3. The number of aliphatic carboxylic acids is 1. The van der Waals surface area contributed by atoms with Crippen molar-refractivity contribution >= 4 is 17.6 Å². The minimum absolute atomic E-state index is 0.0583. The smallest absolute Gasteiger partial charge is 0.416 e.